The molecule has 5 aromatic rings. The monoisotopic (exact) mass is 937 g/mol. The maximum absolute atomic E-state index is 14.1. The van der Waals surface area contributed by atoms with Gasteiger partial charge in [-0.2, -0.15) is 0 Å². The van der Waals surface area contributed by atoms with Crippen LogP contribution in [0.1, 0.15) is 119 Å². The summed E-state index contributed by atoms with van der Waals surface area (Å²) in [4.78, 5) is 58.1. The van der Waals surface area contributed by atoms with Crippen molar-refractivity contribution >= 4 is 62.2 Å². The number of Topliss-reactive ketones (excluding diaryl/α,β-unsaturated/α-hetero) is 1. The van der Waals surface area contributed by atoms with E-state index in [0.29, 0.717) is 41.3 Å². The quantitative estimate of drug-likeness (QED) is 0.0966. The van der Waals surface area contributed by atoms with E-state index in [1.54, 1.807) is 17.9 Å². The summed E-state index contributed by atoms with van der Waals surface area (Å²) in [7, 11) is 4.72. The summed E-state index contributed by atoms with van der Waals surface area (Å²) in [6.45, 7) is 10.1. The number of hydrogen-bond acceptors (Lipinski definition) is 9. The molecule has 348 valence electrons. The SMILES string of the molecule is CCC(=O)CCC(C)SSC(C)(C)C(=O)Nc1cc(COc2cc3c(cc2C)C(=O)N2c4ccccc4C[C@H]2CC3)cc(COc2cc3c(cc2OC)C(=O)N2c4ccccc4C[C@H]2CC3)c1. The van der Waals surface area contributed by atoms with E-state index >= 15 is 0 Å². The lowest BCUT2D eigenvalue weighted by Crippen LogP contribution is -2.36. The third-order valence-corrected chi connectivity index (χ3v) is 17.4. The van der Waals surface area contributed by atoms with Crippen LogP contribution in [-0.2, 0) is 48.5 Å². The van der Waals surface area contributed by atoms with Crippen LogP contribution in [0, 0.1) is 6.92 Å². The summed E-state index contributed by atoms with van der Waals surface area (Å²) in [6, 6.07) is 30.2. The Labute approximate surface area is 401 Å². The molecule has 3 amide bonds. The standard InChI is InChI=1S/C55H59N3O7S2/c1-7-44(59)21-16-34(3)66-67-55(4,5)54(62)56-41-24-35(31-64-49-28-37-17-19-42-26-39-12-8-10-14-47(39)57(42)52(60)45(37)22-33(49)2)23-36(25-41)32-65-51-29-38-18-20-43-27-40-13-9-11-15-48(40)58(43)53(61)46(38)30-50(51)63-6/h8-15,22-25,28-30,34,42-43H,7,16-21,26-27,31-32H2,1-6H3,(H,56,62)/t34?,42-,43-/m1/s1. The van der Waals surface area contributed by atoms with E-state index in [2.05, 4.69) is 24.4 Å². The Balaban J connectivity index is 0.952. The summed E-state index contributed by atoms with van der Waals surface area (Å²) in [6.07, 6.45) is 6.74. The van der Waals surface area contributed by atoms with Crippen molar-refractivity contribution in [1.29, 1.82) is 0 Å². The zero-order valence-corrected chi connectivity index (χ0v) is 40.9. The van der Waals surface area contributed by atoms with Crippen LogP contribution in [-0.4, -0.2) is 52.7 Å². The van der Waals surface area contributed by atoms with Crippen molar-refractivity contribution < 1.29 is 33.4 Å². The maximum atomic E-state index is 14.1. The molecule has 4 heterocycles. The number of carbonyl (C=O) groups excluding carboxylic acids is 4. The summed E-state index contributed by atoms with van der Waals surface area (Å²) in [5.74, 6) is 1.82. The van der Waals surface area contributed by atoms with Gasteiger partial charge in [0.25, 0.3) is 11.8 Å². The number of rotatable bonds is 16. The molecule has 1 unspecified atom stereocenters. The lowest BCUT2D eigenvalue weighted by atomic mass is 9.98. The lowest BCUT2D eigenvalue weighted by molar-refractivity contribution is -0.119. The molecule has 10 nitrogen and oxygen atoms in total. The highest BCUT2D eigenvalue weighted by atomic mass is 33.1. The van der Waals surface area contributed by atoms with Gasteiger partial charge < -0.3 is 29.3 Å². The second-order valence-corrected chi connectivity index (χ2v) is 22.1. The molecule has 0 bridgehead atoms. The van der Waals surface area contributed by atoms with E-state index in [0.717, 1.165) is 89.7 Å². The normalized spacial score (nSPS) is 17.5. The van der Waals surface area contributed by atoms with Crippen molar-refractivity contribution in [2.24, 2.45) is 0 Å². The molecule has 12 heteroatoms. The van der Waals surface area contributed by atoms with Crippen LogP contribution >= 0.6 is 21.6 Å². The molecular weight excluding hydrogens is 879 g/mol. The molecular formula is C55H59N3O7S2. The number of amides is 3. The Hall–Kier alpha value is -5.72. The Bertz CT molecular complexity index is 2750. The highest BCUT2D eigenvalue weighted by Crippen LogP contribution is 2.43. The molecule has 0 aromatic heterocycles. The van der Waals surface area contributed by atoms with Crippen LogP contribution in [0.4, 0.5) is 17.1 Å². The third kappa shape index (κ3) is 9.70. The third-order valence-electron chi connectivity index (χ3n) is 13.6. The second kappa shape index (κ2) is 19.5. The van der Waals surface area contributed by atoms with E-state index in [1.807, 2.05) is 116 Å². The fourth-order valence-electron chi connectivity index (χ4n) is 9.84. The summed E-state index contributed by atoms with van der Waals surface area (Å²) in [5.41, 5.74) is 10.8. The van der Waals surface area contributed by atoms with Crippen LogP contribution in [0.5, 0.6) is 17.2 Å². The van der Waals surface area contributed by atoms with Crippen molar-refractivity contribution in [3.05, 3.63) is 141 Å². The molecule has 0 aliphatic carbocycles. The summed E-state index contributed by atoms with van der Waals surface area (Å²) < 4.78 is 18.2. The molecule has 0 saturated carbocycles. The zero-order chi connectivity index (χ0) is 47.0. The average molecular weight is 938 g/mol. The zero-order valence-electron chi connectivity index (χ0n) is 39.2. The smallest absolute Gasteiger partial charge is 0.258 e. The fraction of sp³-hybridized carbons (Fsp3) is 0.382. The van der Waals surface area contributed by atoms with Crippen molar-refractivity contribution in [1.82, 2.24) is 0 Å². The van der Waals surface area contributed by atoms with Crippen LogP contribution in [0.2, 0.25) is 0 Å². The number of nitrogens with one attached hydrogen (secondary N) is 1. The van der Waals surface area contributed by atoms with Crippen LogP contribution in [0.15, 0.2) is 91.0 Å². The molecule has 0 fully saturated rings. The van der Waals surface area contributed by atoms with Gasteiger partial charge in [-0.05, 0) is 159 Å². The van der Waals surface area contributed by atoms with Crippen molar-refractivity contribution in [3.8, 4) is 17.2 Å². The van der Waals surface area contributed by atoms with Gasteiger partial charge in [0.15, 0.2) is 11.5 Å². The van der Waals surface area contributed by atoms with E-state index in [-0.39, 0.29) is 54.1 Å². The molecule has 9 rings (SSSR count). The number of fused-ring (bicyclic) bond motifs is 8. The molecule has 4 aliphatic heterocycles. The minimum atomic E-state index is -0.784. The molecule has 1 N–H and O–H groups in total. The molecule has 0 spiro atoms. The predicted molar refractivity (Wildman–Crippen MR) is 269 cm³/mol. The summed E-state index contributed by atoms with van der Waals surface area (Å²) >= 11 is 0. The number of methoxy groups -OCH3 is 1. The number of hydrogen-bond donors (Lipinski definition) is 1. The fourth-order valence-corrected chi connectivity index (χ4v) is 12.3. The highest BCUT2D eigenvalue weighted by Gasteiger charge is 2.39. The van der Waals surface area contributed by atoms with Gasteiger partial charge in [0, 0.05) is 58.4 Å². The van der Waals surface area contributed by atoms with E-state index in [9.17, 15) is 19.2 Å². The van der Waals surface area contributed by atoms with Gasteiger partial charge in [-0.15, -0.1) is 0 Å². The van der Waals surface area contributed by atoms with Gasteiger partial charge in [0.2, 0.25) is 5.91 Å². The van der Waals surface area contributed by atoms with Crippen LogP contribution in [0.3, 0.4) is 0 Å². The Morgan fingerprint density at radius 3 is 1.88 bits per heavy atom. The molecule has 0 radical (unpaired) electrons. The number of aryl methyl sites for hydroxylation is 3. The van der Waals surface area contributed by atoms with Crippen molar-refractivity contribution in [2.75, 3.05) is 22.2 Å². The second-order valence-electron chi connectivity index (χ2n) is 18.8. The minimum absolute atomic E-state index is 0.0247. The van der Waals surface area contributed by atoms with Crippen molar-refractivity contribution in [3.63, 3.8) is 0 Å². The Morgan fingerprint density at radius 1 is 0.746 bits per heavy atom. The molecule has 4 aliphatic rings. The first-order valence-corrected chi connectivity index (χ1v) is 25.7. The highest BCUT2D eigenvalue weighted by molar-refractivity contribution is 8.77. The minimum Gasteiger partial charge on any atom is -0.493 e. The van der Waals surface area contributed by atoms with Crippen LogP contribution < -0.4 is 29.3 Å². The van der Waals surface area contributed by atoms with Crippen molar-refractivity contribution in [2.45, 2.75) is 128 Å². The van der Waals surface area contributed by atoms with Gasteiger partial charge in [0.05, 0.1) is 11.9 Å². The van der Waals surface area contributed by atoms with Gasteiger partial charge in [-0.25, -0.2) is 0 Å². The maximum Gasteiger partial charge on any atom is 0.258 e. The number of ketones is 1. The molecule has 0 saturated heterocycles. The topological polar surface area (TPSA) is 114 Å². The van der Waals surface area contributed by atoms with Crippen LogP contribution in [0.25, 0.3) is 0 Å². The average Bonchev–Trinajstić information content (AvgIpc) is 3.82. The number of ether oxygens (including phenoxy) is 3. The molecule has 3 atom stereocenters. The Kier molecular flexibility index (Phi) is 13.5. The van der Waals surface area contributed by atoms with E-state index in [4.69, 9.17) is 14.2 Å². The number of benzene rings is 5. The van der Waals surface area contributed by atoms with E-state index < -0.39 is 4.75 Å². The van der Waals surface area contributed by atoms with Gasteiger partial charge in [-0.1, -0.05) is 71.8 Å². The first-order chi connectivity index (χ1) is 32.3. The number of nitrogens with zero attached hydrogens (tertiary/aromatic N) is 2. The van der Waals surface area contributed by atoms with E-state index in [1.165, 1.54) is 21.9 Å². The first kappa shape index (κ1) is 46.4. The number of carbonyl (C=O) groups is 4. The Morgan fingerprint density at radius 2 is 1.30 bits per heavy atom. The predicted octanol–water partition coefficient (Wildman–Crippen LogP) is 11.4. The van der Waals surface area contributed by atoms with Gasteiger partial charge in [0.1, 0.15) is 24.7 Å². The number of para-hydroxylation sites is 2. The number of anilines is 3. The van der Waals surface area contributed by atoms with Gasteiger partial charge in [-0.3, -0.25) is 19.2 Å². The lowest BCUT2D eigenvalue weighted by Gasteiger charge is -2.24. The molecule has 5 aromatic carbocycles. The first-order valence-electron chi connectivity index (χ1n) is 23.5. The van der Waals surface area contributed by atoms with Gasteiger partial charge >= 0.3 is 0 Å². The summed E-state index contributed by atoms with van der Waals surface area (Å²) in [5, 5.41) is 3.39. The molecule has 67 heavy (non-hydrogen) atoms. The largest absolute Gasteiger partial charge is 0.493 e.